The monoisotopic (exact) mass is 246 g/mol. The first-order chi connectivity index (χ1) is 8.18. The van der Waals surface area contributed by atoms with E-state index in [9.17, 15) is 4.79 Å². The molecule has 0 bridgehead atoms. The van der Waals surface area contributed by atoms with Gasteiger partial charge in [0.2, 0.25) is 0 Å². The van der Waals surface area contributed by atoms with Crippen molar-refractivity contribution < 1.29 is 9.53 Å². The maximum Gasteiger partial charge on any atom is 0.191 e. The van der Waals surface area contributed by atoms with Crippen molar-refractivity contribution in [3.8, 4) is 5.75 Å². The summed E-state index contributed by atoms with van der Waals surface area (Å²) in [5.41, 5.74) is 3.18. The molecule has 1 aromatic carbocycles. The highest BCUT2D eigenvalue weighted by molar-refractivity contribution is 6.10. The largest absolute Gasteiger partial charge is 0.496 e. The molecule has 0 aromatic heterocycles. The van der Waals surface area contributed by atoms with Crippen molar-refractivity contribution >= 4 is 5.78 Å². The Morgan fingerprint density at radius 3 is 2.22 bits per heavy atom. The van der Waals surface area contributed by atoms with Crippen molar-refractivity contribution in [3.63, 3.8) is 0 Å². The van der Waals surface area contributed by atoms with Crippen LogP contribution in [0.15, 0.2) is 24.3 Å². The van der Waals surface area contributed by atoms with Crippen molar-refractivity contribution in [1.82, 2.24) is 0 Å². The summed E-state index contributed by atoms with van der Waals surface area (Å²) in [5.74, 6) is 0.613. The molecule has 1 aromatic rings. The number of hydrogen-bond acceptors (Lipinski definition) is 2. The lowest BCUT2D eigenvalue weighted by Gasteiger charge is -2.24. The van der Waals surface area contributed by atoms with Crippen molar-refractivity contribution in [1.29, 1.82) is 0 Å². The molecule has 0 aliphatic carbocycles. The van der Waals surface area contributed by atoms with Crippen LogP contribution in [0.25, 0.3) is 0 Å². The molecule has 0 saturated heterocycles. The molecule has 0 radical (unpaired) electrons. The lowest BCUT2D eigenvalue weighted by molar-refractivity contribution is 0.103. The van der Waals surface area contributed by atoms with Crippen LogP contribution in [0.2, 0.25) is 0 Å². The van der Waals surface area contributed by atoms with Gasteiger partial charge in [-0.3, -0.25) is 4.79 Å². The summed E-state index contributed by atoms with van der Waals surface area (Å²) in [4.78, 5) is 12.2. The molecule has 0 spiro atoms. The molecule has 0 aliphatic heterocycles. The highest BCUT2D eigenvalue weighted by atomic mass is 16.5. The van der Waals surface area contributed by atoms with Crippen LogP contribution in [0.5, 0.6) is 5.75 Å². The molecule has 0 amide bonds. The Bertz CT molecular complexity index is 491. The fourth-order valence-corrected chi connectivity index (χ4v) is 1.95. The van der Waals surface area contributed by atoms with Gasteiger partial charge in [-0.1, -0.05) is 33.4 Å². The molecule has 0 unspecified atom stereocenters. The van der Waals surface area contributed by atoms with E-state index in [2.05, 4.69) is 33.4 Å². The van der Waals surface area contributed by atoms with Gasteiger partial charge in [0.15, 0.2) is 5.78 Å². The maximum atomic E-state index is 12.2. The smallest absolute Gasteiger partial charge is 0.191 e. The number of allylic oxidation sites excluding steroid dienone is 1. The number of methoxy groups -OCH3 is 1. The van der Waals surface area contributed by atoms with Crippen LogP contribution in [0.1, 0.15) is 49.2 Å². The van der Waals surface area contributed by atoms with Crippen LogP contribution in [-0.2, 0) is 5.41 Å². The Morgan fingerprint density at radius 2 is 1.83 bits per heavy atom. The molecule has 2 heteroatoms. The normalized spacial score (nSPS) is 11.2. The second-order valence-electron chi connectivity index (χ2n) is 5.75. The number of carbonyl (C=O) groups excluding carboxylic acids is 1. The minimum absolute atomic E-state index is 0.0546. The quantitative estimate of drug-likeness (QED) is 0.594. The van der Waals surface area contributed by atoms with Gasteiger partial charge in [0, 0.05) is 5.56 Å². The summed E-state index contributed by atoms with van der Waals surface area (Å²) in [6.45, 7) is 13.8. The molecule has 0 heterocycles. The van der Waals surface area contributed by atoms with Crippen molar-refractivity contribution in [2.24, 2.45) is 0 Å². The predicted octanol–water partition coefficient (Wildman–Crippen LogP) is 4.06. The first-order valence-electron chi connectivity index (χ1n) is 6.07. The molecule has 98 valence electrons. The number of hydrogen-bond donors (Lipinski definition) is 0. The summed E-state index contributed by atoms with van der Waals surface area (Å²) in [7, 11) is 1.61. The number of ketones is 1. The van der Waals surface area contributed by atoms with E-state index in [0.717, 1.165) is 11.1 Å². The fraction of sp³-hybridized carbons (Fsp3) is 0.438. The van der Waals surface area contributed by atoms with Gasteiger partial charge in [0.1, 0.15) is 5.75 Å². The Balaban J connectivity index is 3.58. The van der Waals surface area contributed by atoms with E-state index in [1.807, 2.05) is 13.0 Å². The maximum absolute atomic E-state index is 12.2. The molecule has 0 N–H and O–H groups in total. The number of ether oxygens (including phenoxy) is 1. The van der Waals surface area contributed by atoms with Crippen LogP contribution in [-0.4, -0.2) is 12.9 Å². The zero-order valence-electron chi connectivity index (χ0n) is 12.2. The minimum atomic E-state index is -0.0680. The summed E-state index contributed by atoms with van der Waals surface area (Å²) >= 11 is 0. The second-order valence-corrected chi connectivity index (χ2v) is 5.75. The number of benzene rings is 1. The zero-order valence-corrected chi connectivity index (χ0v) is 12.2. The van der Waals surface area contributed by atoms with Crippen LogP contribution in [0, 0.1) is 6.92 Å². The number of rotatable bonds is 3. The van der Waals surface area contributed by atoms with Crippen molar-refractivity contribution in [2.75, 3.05) is 7.11 Å². The molecule has 0 fully saturated rings. The third-order valence-corrected chi connectivity index (χ3v) is 2.88. The summed E-state index contributed by atoms with van der Waals surface area (Å²) in [6.07, 6.45) is 0. The second kappa shape index (κ2) is 4.97. The standard InChI is InChI=1S/C16H22O2/c1-10(2)14(17)12-8-11(3)9-13(15(12)18-7)16(4,5)6/h8-9H,1H2,2-7H3. The lowest BCUT2D eigenvalue weighted by Crippen LogP contribution is -2.16. The zero-order chi connectivity index (χ0) is 14.1. The van der Waals surface area contributed by atoms with E-state index in [1.165, 1.54) is 0 Å². The van der Waals surface area contributed by atoms with Crippen molar-refractivity contribution in [2.45, 2.75) is 40.0 Å². The Kier molecular flexibility index (Phi) is 4.00. The SMILES string of the molecule is C=C(C)C(=O)c1cc(C)cc(C(C)(C)C)c1OC. The van der Waals surface area contributed by atoms with Crippen LogP contribution in [0.3, 0.4) is 0 Å². The van der Waals surface area contributed by atoms with Gasteiger partial charge in [0.25, 0.3) is 0 Å². The molecule has 1 rings (SSSR count). The van der Waals surface area contributed by atoms with E-state index < -0.39 is 0 Å². The van der Waals surface area contributed by atoms with E-state index in [-0.39, 0.29) is 11.2 Å². The fourth-order valence-electron chi connectivity index (χ4n) is 1.95. The van der Waals surface area contributed by atoms with Crippen LogP contribution < -0.4 is 4.74 Å². The molecular weight excluding hydrogens is 224 g/mol. The first kappa shape index (κ1) is 14.5. The third kappa shape index (κ3) is 2.81. The van der Waals surface area contributed by atoms with E-state index in [0.29, 0.717) is 16.9 Å². The van der Waals surface area contributed by atoms with Gasteiger partial charge in [-0.25, -0.2) is 0 Å². The Morgan fingerprint density at radius 1 is 1.28 bits per heavy atom. The first-order valence-corrected chi connectivity index (χ1v) is 6.07. The van der Waals surface area contributed by atoms with Gasteiger partial charge in [-0.15, -0.1) is 0 Å². The molecule has 18 heavy (non-hydrogen) atoms. The van der Waals surface area contributed by atoms with Crippen LogP contribution in [0.4, 0.5) is 0 Å². The molecule has 0 atom stereocenters. The average Bonchev–Trinajstić information content (AvgIpc) is 2.25. The van der Waals surface area contributed by atoms with Crippen molar-refractivity contribution in [3.05, 3.63) is 41.0 Å². The predicted molar refractivity (Wildman–Crippen MR) is 75.6 cm³/mol. The Hall–Kier alpha value is -1.57. The lowest BCUT2D eigenvalue weighted by atomic mass is 9.83. The minimum Gasteiger partial charge on any atom is -0.496 e. The molecule has 0 saturated carbocycles. The average molecular weight is 246 g/mol. The summed E-state index contributed by atoms with van der Waals surface area (Å²) < 4.78 is 5.47. The van der Waals surface area contributed by atoms with Gasteiger partial charge in [-0.2, -0.15) is 0 Å². The molecule has 2 nitrogen and oxygen atoms in total. The summed E-state index contributed by atoms with van der Waals surface area (Å²) in [5, 5.41) is 0. The highest BCUT2D eigenvalue weighted by Gasteiger charge is 2.24. The van der Waals surface area contributed by atoms with Gasteiger partial charge < -0.3 is 4.74 Å². The molecular formula is C16H22O2. The van der Waals surface area contributed by atoms with Crippen LogP contribution >= 0.6 is 0 Å². The third-order valence-electron chi connectivity index (χ3n) is 2.88. The number of aryl methyl sites for hydroxylation is 1. The van der Waals surface area contributed by atoms with E-state index in [1.54, 1.807) is 14.0 Å². The van der Waals surface area contributed by atoms with Gasteiger partial charge in [0.05, 0.1) is 12.7 Å². The Labute approximate surface area is 110 Å². The topological polar surface area (TPSA) is 26.3 Å². The number of Topliss-reactive ketones (excluding diaryl/α,β-unsaturated/α-hetero) is 1. The summed E-state index contributed by atoms with van der Waals surface area (Å²) in [6, 6.07) is 3.94. The van der Waals surface area contributed by atoms with Gasteiger partial charge >= 0.3 is 0 Å². The number of carbonyl (C=O) groups is 1. The van der Waals surface area contributed by atoms with E-state index >= 15 is 0 Å². The highest BCUT2D eigenvalue weighted by Crippen LogP contribution is 2.35. The van der Waals surface area contributed by atoms with Gasteiger partial charge in [-0.05, 0) is 36.5 Å². The van der Waals surface area contributed by atoms with E-state index in [4.69, 9.17) is 4.74 Å². The molecule has 0 aliphatic rings.